The molecule has 0 aliphatic carbocycles. The van der Waals surface area contributed by atoms with E-state index in [2.05, 4.69) is 15.1 Å². The normalized spacial score (nSPS) is 16.9. The van der Waals surface area contributed by atoms with Crippen LogP contribution >= 0.6 is 11.6 Å². The molecule has 1 aromatic carbocycles. The van der Waals surface area contributed by atoms with E-state index in [1.54, 1.807) is 30.3 Å². The topological polar surface area (TPSA) is 89.9 Å². The molecule has 3 heterocycles. The van der Waals surface area contributed by atoms with E-state index >= 15 is 0 Å². The number of nitrogens with zero attached hydrogens (tertiary/aromatic N) is 5. The average molecular weight is 397 g/mol. The maximum absolute atomic E-state index is 12.8. The Bertz CT molecular complexity index is 1000. The van der Waals surface area contributed by atoms with Gasteiger partial charge in [0.2, 0.25) is 5.95 Å². The van der Waals surface area contributed by atoms with Crippen molar-refractivity contribution in [3.63, 3.8) is 0 Å². The fourth-order valence-corrected chi connectivity index (χ4v) is 3.80. The lowest BCUT2D eigenvalue weighted by Gasteiger charge is -2.33. The van der Waals surface area contributed by atoms with Crippen LogP contribution in [-0.4, -0.2) is 43.6 Å². The van der Waals surface area contributed by atoms with Gasteiger partial charge in [-0.25, -0.2) is 9.97 Å². The number of amides is 1. The van der Waals surface area contributed by atoms with Crippen molar-refractivity contribution in [2.75, 3.05) is 18.8 Å². The molecule has 7 nitrogen and oxygen atoms in total. The molecule has 28 heavy (non-hydrogen) atoms. The molecule has 1 aliphatic heterocycles. The second kappa shape index (κ2) is 7.59. The van der Waals surface area contributed by atoms with Gasteiger partial charge in [0.05, 0.1) is 17.5 Å². The summed E-state index contributed by atoms with van der Waals surface area (Å²) in [4.78, 5) is 23.4. The van der Waals surface area contributed by atoms with Gasteiger partial charge in [0.15, 0.2) is 0 Å². The molecule has 1 amide bonds. The van der Waals surface area contributed by atoms with Crippen LogP contribution in [0.4, 0.5) is 5.95 Å². The van der Waals surface area contributed by atoms with E-state index in [9.17, 15) is 4.79 Å². The van der Waals surface area contributed by atoms with Gasteiger partial charge >= 0.3 is 0 Å². The third-order valence-electron chi connectivity index (χ3n) is 5.04. The lowest BCUT2D eigenvalue weighted by molar-refractivity contribution is 0.0706. The summed E-state index contributed by atoms with van der Waals surface area (Å²) in [6, 6.07) is 7.58. The molecule has 4 rings (SSSR count). The van der Waals surface area contributed by atoms with E-state index in [0.717, 1.165) is 36.2 Å². The number of anilines is 1. The molecule has 2 N–H and O–H groups in total. The van der Waals surface area contributed by atoms with Crippen LogP contribution in [0.25, 0.3) is 11.1 Å². The lowest BCUT2D eigenvalue weighted by Crippen LogP contribution is -2.39. The standard InChI is InChI=1S/C20H21ClN6O/c1-26-11-15(9-24-26)19(28)27-8-2-3-14(12-27)18-17(10-23-20(22)25-18)13-4-6-16(21)7-5-13/h4-7,9-11,14H,2-3,8,12H2,1H3,(H2,22,23,25). The minimum absolute atomic E-state index is 0.00660. The fraction of sp³-hybridized carbons (Fsp3) is 0.300. The van der Waals surface area contributed by atoms with Crippen molar-refractivity contribution in [2.24, 2.45) is 7.05 Å². The van der Waals surface area contributed by atoms with Gasteiger partial charge in [0.1, 0.15) is 0 Å². The molecule has 144 valence electrons. The quantitative estimate of drug-likeness (QED) is 0.734. The number of aromatic nitrogens is 4. The first-order chi connectivity index (χ1) is 13.5. The number of benzene rings is 1. The Balaban J connectivity index is 1.64. The first kappa shape index (κ1) is 18.4. The molecule has 1 unspecified atom stereocenters. The molecule has 0 saturated carbocycles. The predicted molar refractivity (Wildman–Crippen MR) is 108 cm³/mol. The third-order valence-corrected chi connectivity index (χ3v) is 5.29. The summed E-state index contributed by atoms with van der Waals surface area (Å²) in [7, 11) is 1.80. The van der Waals surface area contributed by atoms with Crippen LogP contribution in [0.15, 0.2) is 42.9 Å². The van der Waals surface area contributed by atoms with Gasteiger partial charge in [-0.2, -0.15) is 5.10 Å². The number of carbonyl (C=O) groups excluding carboxylic acids is 1. The van der Waals surface area contributed by atoms with Crippen LogP contribution < -0.4 is 5.73 Å². The second-order valence-corrected chi connectivity index (χ2v) is 7.46. The number of piperidine rings is 1. The Kier molecular flexibility index (Phi) is 5.00. The molecule has 8 heteroatoms. The highest BCUT2D eigenvalue weighted by Crippen LogP contribution is 2.34. The molecular formula is C20H21ClN6O. The second-order valence-electron chi connectivity index (χ2n) is 7.03. The summed E-state index contributed by atoms with van der Waals surface area (Å²) in [5, 5.41) is 4.78. The number of halogens is 1. The van der Waals surface area contributed by atoms with Crippen molar-refractivity contribution < 1.29 is 4.79 Å². The SMILES string of the molecule is Cn1cc(C(=O)N2CCCC(c3nc(N)ncc3-c3ccc(Cl)cc3)C2)cn1. The van der Waals surface area contributed by atoms with Crippen LogP contribution in [0.2, 0.25) is 5.02 Å². The highest BCUT2D eigenvalue weighted by molar-refractivity contribution is 6.30. The molecular weight excluding hydrogens is 376 g/mol. The number of nitrogen functional groups attached to an aromatic ring is 1. The van der Waals surface area contributed by atoms with Gasteiger partial charge in [-0.3, -0.25) is 9.48 Å². The Morgan fingerprint density at radius 2 is 2.04 bits per heavy atom. The van der Waals surface area contributed by atoms with Crippen molar-refractivity contribution in [1.29, 1.82) is 0 Å². The first-order valence-electron chi connectivity index (χ1n) is 9.17. The van der Waals surface area contributed by atoms with Crippen molar-refractivity contribution in [3.8, 4) is 11.1 Å². The van der Waals surface area contributed by atoms with Crippen molar-refractivity contribution in [2.45, 2.75) is 18.8 Å². The van der Waals surface area contributed by atoms with E-state index in [1.807, 2.05) is 29.2 Å². The number of nitrogens with two attached hydrogens (primary N) is 1. The van der Waals surface area contributed by atoms with E-state index in [0.29, 0.717) is 17.1 Å². The Labute approximate surface area is 168 Å². The number of hydrogen-bond donors (Lipinski definition) is 1. The first-order valence-corrected chi connectivity index (χ1v) is 9.55. The van der Waals surface area contributed by atoms with Crippen LogP contribution in [0.5, 0.6) is 0 Å². The van der Waals surface area contributed by atoms with Crippen molar-refractivity contribution in [3.05, 3.63) is 59.1 Å². The molecule has 0 radical (unpaired) electrons. The zero-order valence-electron chi connectivity index (χ0n) is 15.5. The fourth-order valence-electron chi connectivity index (χ4n) is 3.67. The summed E-state index contributed by atoms with van der Waals surface area (Å²) < 4.78 is 1.64. The molecule has 3 aromatic rings. The van der Waals surface area contributed by atoms with E-state index < -0.39 is 0 Å². The molecule has 1 saturated heterocycles. The number of hydrogen-bond acceptors (Lipinski definition) is 5. The van der Waals surface area contributed by atoms with Crippen LogP contribution in [0, 0.1) is 0 Å². The maximum Gasteiger partial charge on any atom is 0.257 e. The van der Waals surface area contributed by atoms with E-state index in [-0.39, 0.29) is 17.8 Å². The van der Waals surface area contributed by atoms with Crippen molar-refractivity contribution in [1.82, 2.24) is 24.6 Å². The Morgan fingerprint density at radius 1 is 1.25 bits per heavy atom. The molecule has 1 atom stereocenters. The Hall–Kier alpha value is -2.93. The lowest BCUT2D eigenvalue weighted by atomic mass is 9.89. The summed E-state index contributed by atoms with van der Waals surface area (Å²) >= 11 is 6.02. The number of aryl methyl sites for hydroxylation is 1. The highest BCUT2D eigenvalue weighted by atomic mass is 35.5. The monoisotopic (exact) mass is 396 g/mol. The predicted octanol–water partition coefficient (Wildman–Crippen LogP) is 3.13. The maximum atomic E-state index is 12.8. The van der Waals surface area contributed by atoms with Gasteiger partial charge in [-0.1, -0.05) is 23.7 Å². The number of likely N-dealkylation sites (tertiary alicyclic amines) is 1. The molecule has 2 aromatic heterocycles. The minimum Gasteiger partial charge on any atom is -0.368 e. The van der Waals surface area contributed by atoms with Gasteiger partial charge < -0.3 is 10.6 Å². The average Bonchev–Trinajstić information content (AvgIpc) is 3.14. The summed E-state index contributed by atoms with van der Waals surface area (Å²) in [6.45, 7) is 1.31. The molecule has 1 aliphatic rings. The molecule has 1 fully saturated rings. The molecule has 0 bridgehead atoms. The largest absolute Gasteiger partial charge is 0.368 e. The summed E-state index contributed by atoms with van der Waals surface area (Å²) in [5.74, 6) is 0.321. The van der Waals surface area contributed by atoms with Crippen molar-refractivity contribution >= 4 is 23.5 Å². The summed E-state index contributed by atoms with van der Waals surface area (Å²) in [6.07, 6.45) is 6.94. The zero-order chi connectivity index (χ0) is 19.7. The van der Waals surface area contributed by atoms with Crippen LogP contribution in [0.3, 0.4) is 0 Å². The van der Waals surface area contributed by atoms with Gasteiger partial charge in [-0.05, 0) is 30.5 Å². The van der Waals surface area contributed by atoms with E-state index in [1.165, 1.54) is 0 Å². The smallest absolute Gasteiger partial charge is 0.257 e. The molecule has 0 spiro atoms. The Morgan fingerprint density at radius 3 is 2.75 bits per heavy atom. The minimum atomic E-state index is -0.00660. The van der Waals surface area contributed by atoms with Gasteiger partial charge in [0.25, 0.3) is 5.91 Å². The number of rotatable bonds is 3. The third kappa shape index (κ3) is 3.71. The summed E-state index contributed by atoms with van der Waals surface area (Å²) in [5.41, 5.74) is 9.27. The van der Waals surface area contributed by atoms with Crippen LogP contribution in [-0.2, 0) is 7.05 Å². The van der Waals surface area contributed by atoms with Crippen LogP contribution in [0.1, 0.15) is 34.8 Å². The van der Waals surface area contributed by atoms with E-state index in [4.69, 9.17) is 17.3 Å². The highest BCUT2D eigenvalue weighted by Gasteiger charge is 2.29. The van der Waals surface area contributed by atoms with Gasteiger partial charge in [-0.15, -0.1) is 0 Å². The zero-order valence-corrected chi connectivity index (χ0v) is 16.3. The van der Waals surface area contributed by atoms with Gasteiger partial charge in [0, 0.05) is 49.0 Å². The number of carbonyl (C=O) groups is 1.